The minimum absolute atomic E-state index is 0.616. The van der Waals surface area contributed by atoms with Crippen LogP contribution < -0.4 is 10.2 Å². The normalized spacial score (nSPS) is 11.5. The van der Waals surface area contributed by atoms with Crippen molar-refractivity contribution in [3.63, 3.8) is 0 Å². The van der Waals surface area contributed by atoms with Gasteiger partial charge in [0.25, 0.3) is 0 Å². The van der Waals surface area contributed by atoms with Crippen molar-refractivity contribution in [1.29, 1.82) is 0 Å². The summed E-state index contributed by atoms with van der Waals surface area (Å²) in [5, 5.41) is 3.37. The smallest absolute Gasteiger partial charge is 0.194 e. The van der Waals surface area contributed by atoms with Crippen LogP contribution in [0.2, 0.25) is 0 Å². The molecule has 0 atom stereocenters. The fraction of sp³-hybridized carbons (Fsp3) is 0.500. The third-order valence-electron chi connectivity index (χ3n) is 4.45. The molecular formula is C20H32N6. The van der Waals surface area contributed by atoms with E-state index in [0.717, 1.165) is 43.5 Å². The zero-order valence-corrected chi connectivity index (χ0v) is 16.7. The molecule has 1 N–H and O–H groups in total. The van der Waals surface area contributed by atoms with Crippen LogP contribution in [-0.4, -0.2) is 47.1 Å². The summed E-state index contributed by atoms with van der Waals surface area (Å²) in [5.74, 6) is 1.93. The molecule has 26 heavy (non-hydrogen) atoms. The number of nitrogens with one attached hydrogen (secondary N) is 1. The molecule has 0 unspecified atom stereocenters. The van der Waals surface area contributed by atoms with Crippen LogP contribution in [0.15, 0.2) is 41.7 Å². The maximum Gasteiger partial charge on any atom is 0.194 e. The molecule has 0 fully saturated rings. The fourth-order valence-electron chi connectivity index (χ4n) is 2.86. The largest absolute Gasteiger partial charge is 0.357 e. The van der Waals surface area contributed by atoms with Gasteiger partial charge in [-0.05, 0) is 44.5 Å². The lowest BCUT2D eigenvalue weighted by molar-refractivity contribution is 0.462. The quantitative estimate of drug-likeness (QED) is 0.584. The Kier molecular flexibility index (Phi) is 7.51. The average molecular weight is 357 g/mol. The van der Waals surface area contributed by atoms with E-state index in [-0.39, 0.29) is 0 Å². The first-order valence-electron chi connectivity index (χ1n) is 9.38. The molecule has 2 rings (SSSR count). The van der Waals surface area contributed by atoms with E-state index in [1.807, 2.05) is 6.20 Å². The van der Waals surface area contributed by atoms with Crippen LogP contribution in [0.25, 0.3) is 0 Å². The minimum atomic E-state index is 0.616. The highest BCUT2D eigenvalue weighted by Gasteiger charge is 2.08. The topological polar surface area (TPSA) is 48.7 Å². The third-order valence-corrected chi connectivity index (χ3v) is 4.45. The Hall–Kier alpha value is -2.50. The van der Waals surface area contributed by atoms with Crippen molar-refractivity contribution >= 4 is 11.8 Å². The summed E-state index contributed by atoms with van der Waals surface area (Å²) in [4.78, 5) is 13.7. The van der Waals surface area contributed by atoms with Crippen LogP contribution in [0.5, 0.6) is 0 Å². The molecule has 2 heterocycles. The number of aryl methyl sites for hydroxylation is 1. The summed E-state index contributed by atoms with van der Waals surface area (Å²) in [5.41, 5.74) is 2.37. The van der Waals surface area contributed by atoms with Crippen LogP contribution in [0.4, 0.5) is 5.82 Å². The second-order valence-electron chi connectivity index (χ2n) is 6.33. The van der Waals surface area contributed by atoms with E-state index in [1.54, 1.807) is 0 Å². The van der Waals surface area contributed by atoms with Gasteiger partial charge in [-0.15, -0.1) is 0 Å². The molecule has 0 saturated carbocycles. The Labute approximate surface area is 157 Å². The molecule has 0 bridgehead atoms. The number of anilines is 1. The van der Waals surface area contributed by atoms with Crippen LogP contribution in [-0.2, 0) is 20.1 Å². The van der Waals surface area contributed by atoms with Crippen molar-refractivity contribution in [2.75, 3.05) is 31.6 Å². The number of nitrogens with zero attached hydrogens (tertiary/aromatic N) is 5. The van der Waals surface area contributed by atoms with Gasteiger partial charge in [0.1, 0.15) is 5.82 Å². The maximum atomic E-state index is 4.78. The summed E-state index contributed by atoms with van der Waals surface area (Å²) >= 11 is 0. The van der Waals surface area contributed by atoms with Crippen molar-refractivity contribution in [3.05, 3.63) is 47.9 Å². The summed E-state index contributed by atoms with van der Waals surface area (Å²) < 4.78 is 2.13. The van der Waals surface area contributed by atoms with E-state index in [1.165, 1.54) is 5.69 Å². The minimum Gasteiger partial charge on any atom is -0.357 e. The van der Waals surface area contributed by atoms with Gasteiger partial charge in [0.05, 0.1) is 13.1 Å². The van der Waals surface area contributed by atoms with Crippen molar-refractivity contribution in [2.45, 2.75) is 33.9 Å². The van der Waals surface area contributed by atoms with E-state index < -0.39 is 0 Å². The Bertz CT molecular complexity index is 685. The van der Waals surface area contributed by atoms with Crippen molar-refractivity contribution in [2.24, 2.45) is 12.0 Å². The van der Waals surface area contributed by atoms with E-state index in [0.29, 0.717) is 6.54 Å². The number of pyridine rings is 1. The monoisotopic (exact) mass is 356 g/mol. The number of aliphatic imine (C=N–C) groups is 1. The summed E-state index contributed by atoms with van der Waals surface area (Å²) in [7, 11) is 4.13. The molecular weight excluding hydrogens is 324 g/mol. The van der Waals surface area contributed by atoms with E-state index in [4.69, 9.17) is 4.99 Å². The van der Waals surface area contributed by atoms with Gasteiger partial charge in [0, 0.05) is 51.8 Å². The molecule has 0 aliphatic carbocycles. The molecule has 0 aliphatic heterocycles. The van der Waals surface area contributed by atoms with Gasteiger partial charge in [-0.1, -0.05) is 6.07 Å². The van der Waals surface area contributed by atoms with Crippen LogP contribution >= 0.6 is 0 Å². The maximum absolute atomic E-state index is 4.78. The van der Waals surface area contributed by atoms with Gasteiger partial charge in [-0.3, -0.25) is 0 Å². The number of hydrogen-bond donors (Lipinski definition) is 1. The number of guanidine groups is 1. The van der Waals surface area contributed by atoms with Crippen LogP contribution in [0, 0.1) is 0 Å². The highest BCUT2D eigenvalue weighted by atomic mass is 15.3. The summed E-state index contributed by atoms with van der Waals surface area (Å²) in [6, 6.07) is 8.40. The van der Waals surface area contributed by atoms with Crippen molar-refractivity contribution < 1.29 is 0 Å². The molecule has 0 aromatic carbocycles. The lowest BCUT2D eigenvalue weighted by atomic mass is 10.3. The molecule has 2 aromatic heterocycles. The Morgan fingerprint density at radius 3 is 2.50 bits per heavy atom. The zero-order chi connectivity index (χ0) is 18.9. The van der Waals surface area contributed by atoms with Crippen molar-refractivity contribution in [3.8, 4) is 0 Å². The number of aromatic nitrogens is 2. The molecule has 2 aromatic rings. The Morgan fingerprint density at radius 2 is 1.96 bits per heavy atom. The summed E-state index contributed by atoms with van der Waals surface area (Å²) in [6.07, 6.45) is 3.99. The molecule has 6 nitrogen and oxygen atoms in total. The number of rotatable bonds is 8. The highest BCUT2D eigenvalue weighted by Crippen LogP contribution is 2.12. The molecule has 0 saturated heterocycles. The lowest BCUT2D eigenvalue weighted by Crippen LogP contribution is -2.38. The SMILES string of the molecule is CCNC(=NCc1ccc(N(CC)CC)nc1)N(C)Cc1cccn1C. The van der Waals surface area contributed by atoms with Crippen LogP contribution in [0.3, 0.4) is 0 Å². The van der Waals surface area contributed by atoms with Gasteiger partial charge < -0.3 is 19.7 Å². The first-order valence-corrected chi connectivity index (χ1v) is 9.38. The van der Waals surface area contributed by atoms with Crippen LogP contribution in [0.1, 0.15) is 32.0 Å². The van der Waals surface area contributed by atoms with Gasteiger partial charge in [-0.2, -0.15) is 0 Å². The molecule has 0 aliphatic rings. The standard InChI is InChI=1S/C20H32N6/c1-6-21-20(25(5)16-18-10-9-13-24(18)4)23-15-17-11-12-19(22-14-17)26(7-2)8-3/h9-14H,6-8,15-16H2,1-5H3,(H,21,23). The van der Waals surface area contributed by atoms with Gasteiger partial charge >= 0.3 is 0 Å². The zero-order valence-electron chi connectivity index (χ0n) is 16.7. The predicted octanol–water partition coefficient (Wildman–Crippen LogP) is 2.86. The average Bonchev–Trinajstić information content (AvgIpc) is 3.05. The second-order valence-corrected chi connectivity index (χ2v) is 6.33. The van der Waals surface area contributed by atoms with Crippen molar-refractivity contribution in [1.82, 2.24) is 19.8 Å². The molecule has 142 valence electrons. The fourth-order valence-corrected chi connectivity index (χ4v) is 2.86. The molecule has 0 radical (unpaired) electrons. The summed E-state index contributed by atoms with van der Waals surface area (Å²) in [6.45, 7) is 10.6. The Morgan fingerprint density at radius 1 is 1.19 bits per heavy atom. The Balaban J connectivity index is 2.05. The molecule has 0 amide bonds. The van der Waals surface area contributed by atoms with E-state index in [9.17, 15) is 0 Å². The van der Waals surface area contributed by atoms with E-state index in [2.05, 4.69) is 90.0 Å². The lowest BCUT2D eigenvalue weighted by Gasteiger charge is -2.22. The highest BCUT2D eigenvalue weighted by molar-refractivity contribution is 5.79. The second kappa shape index (κ2) is 9.85. The van der Waals surface area contributed by atoms with Gasteiger partial charge in [0.2, 0.25) is 0 Å². The van der Waals surface area contributed by atoms with Gasteiger partial charge in [0.15, 0.2) is 5.96 Å². The molecule has 6 heteroatoms. The van der Waals surface area contributed by atoms with Gasteiger partial charge in [-0.25, -0.2) is 9.98 Å². The first kappa shape index (κ1) is 19.8. The third kappa shape index (κ3) is 5.25. The first-order chi connectivity index (χ1) is 12.6. The predicted molar refractivity (Wildman–Crippen MR) is 109 cm³/mol. The number of hydrogen-bond acceptors (Lipinski definition) is 3. The molecule has 0 spiro atoms. The van der Waals surface area contributed by atoms with E-state index >= 15 is 0 Å².